The highest BCUT2D eigenvalue weighted by Gasteiger charge is 2.19. The van der Waals surface area contributed by atoms with Crippen LogP contribution in [0.3, 0.4) is 0 Å². The number of phenols is 1. The minimum Gasteiger partial charge on any atom is -0.507 e. The molecule has 6 nitrogen and oxygen atoms in total. The number of aromatic hydroxyl groups is 1. The zero-order chi connectivity index (χ0) is 17.8. The topological polar surface area (TPSA) is 74.2 Å². The maximum absolute atomic E-state index is 10.3. The van der Waals surface area contributed by atoms with Gasteiger partial charge in [-0.2, -0.15) is 0 Å². The smallest absolute Gasteiger partial charge is 0.243 e. The van der Waals surface area contributed by atoms with Crippen LogP contribution in [0, 0.1) is 18.8 Å². The monoisotopic (exact) mass is 337 g/mol. The first-order valence-electron chi connectivity index (χ1n) is 8.49. The number of nitrogens with zero attached hydrogens (tertiary/aromatic N) is 4. The van der Waals surface area contributed by atoms with Gasteiger partial charge in [0.05, 0.1) is 5.69 Å². The van der Waals surface area contributed by atoms with Gasteiger partial charge in [0.2, 0.25) is 5.95 Å². The number of rotatable bonds is 3. The molecule has 6 heteroatoms. The molecule has 0 radical (unpaired) electrons. The largest absolute Gasteiger partial charge is 0.507 e. The number of aromatic nitrogens is 3. The van der Waals surface area contributed by atoms with E-state index in [1.165, 1.54) is 6.42 Å². The van der Waals surface area contributed by atoms with E-state index >= 15 is 0 Å². The molecule has 2 aromatic rings. The SMILES string of the molecule is CC#Cc1ccc(-c2nnc(NC3CCCN(C)C3)nc2C)c(O)c1. The number of anilines is 1. The van der Waals surface area contributed by atoms with Crippen LogP contribution < -0.4 is 5.32 Å². The third-order valence-electron chi connectivity index (χ3n) is 4.34. The van der Waals surface area contributed by atoms with Gasteiger partial charge in [-0.25, -0.2) is 4.98 Å². The lowest BCUT2D eigenvalue weighted by Crippen LogP contribution is -2.40. The van der Waals surface area contributed by atoms with Crippen molar-refractivity contribution in [1.29, 1.82) is 0 Å². The van der Waals surface area contributed by atoms with E-state index in [0.29, 0.717) is 23.2 Å². The van der Waals surface area contributed by atoms with Crippen molar-refractivity contribution in [1.82, 2.24) is 20.1 Å². The van der Waals surface area contributed by atoms with Crippen LogP contribution in [0.25, 0.3) is 11.3 Å². The van der Waals surface area contributed by atoms with Gasteiger partial charge in [-0.1, -0.05) is 5.92 Å². The van der Waals surface area contributed by atoms with Crippen LogP contribution in [0.15, 0.2) is 18.2 Å². The highest BCUT2D eigenvalue weighted by Crippen LogP contribution is 2.30. The first-order valence-corrected chi connectivity index (χ1v) is 8.49. The normalized spacial score (nSPS) is 17.6. The molecular formula is C19H23N5O. The first-order chi connectivity index (χ1) is 12.1. The minimum atomic E-state index is 0.133. The molecule has 0 bridgehead atoms. The summed E-state index contributed by atoms with van der Waals surface area (Å²) in [6.45, 7) is 5.75. The Morgan fingerprint density at radius 1 is 1.32 bits per heavy atom. The van der Waals surface area contributed by atoms with Crippen LogP contribution in [0.4, 0.5) is 5.95 Å². The van der Waals surface area contributed by atoms with Crippen molar-refractivity contribution in [3.05, 3.63) is 29.5 Å². The predicted octanol–water partition coefficient (Wildman–Crippen LogP) is 2.43. The molecule has 1 aliphatic rings. The minimum absolute atomic E-state index is 0.133. The molecule has 1 aromatic carbocycles. The fourth-order valence-corrected chi connectivity index (χ4v) is 3.13. The van der Waals surface area contributed by atoms with E-state index in [1.54, 1.807) is 19.1 Å². The van der Waals surface area contributed by atoms with E-state index in [2.05, 4.69) is 44.3 Å². The maximum atomic E-state index is 10.3. The summed E-state index contributed by atoms with van der Waals surface area (Å²) in [7, 11) is 2.12. The van der Waals surface area contributed by atoms with Gasteiger partial charge in [0.15, 0.2) is 0 Å². The van der Waals surface area contributed by atoms with E-state index in [1.807, 2.05) is 13.0 Å². The third-order valence-corrected chi connectivity index (χ3v) is 4.34. The average molecular weight is 337 g/mol. The Morgan fingerprint density at radius 3 is 2.84 bits per heavy atom. The summed E-state index contributed by atoms with van der Waals surface area (Å²) >= 11 is 0. The van der Waals surface area contributed by atoms with Gasteiger partial charge in [0, 0.05) is 23.7 Å². The maximum Gasteiger partial charge on any atom is 0.243 e. The number of nitrogens with one attached hydrogen (secondary N) is 1. The molecule has 2 heterocycles. The van der Waals surface area contributed by atoms with Crippen molar-refractivity contribution in [2.75, 3.05) is 25.5 Å². The van der Waals surface area contributed by atoms with Crippen LogP contribution in [-0.4, -0.2) is 51.4 Å². The van der Waals surface area contributed by atoms with Gasteiger partial charge in [-0.3, -0.25) is 0 Å². The van der Waals surface area contributed by atoms with Gasteiger partial charge < -0.3 is 15.3 Å². The summed E-state index contributed by atoms with van der Waals surface area (Å²) in [5, 5.41) is 22.1. The number of hydrogen-bond acceptors (Lipinski definition) is 6. The Hall–Kier alpha value is -2.65. The second-order valence-electron chi connectivity index (χ2n) is 6.42. The lowest BCUT2D eigenvalue weighted by molar-refractivity contribution is 0.260. The summed E-state index contributed by atoms with van der Waals surface area (Å²) in [4.78, 5) is 6.83. The summed E-state index contributed by atoms with van der Waals surface area (Å²) in [5.74, 6) is 6.41. The zero-order valence-electron chi connectivity index (χ0n) is 14.9. The highest BCUT2D eigenvalue weighted by atomic mass is 16.3. The first kappa shape index (κ1) is 17.2. The quantitative estimate of drug-likeness (QED) is 0.838. The molecule has 0 amide bonds. The van der Waals surface area contributed by atoms with Gasteiger partial charge in [0.1, 0.15) is 11.4 Å². The Kier molecular flexibility index (Phi) is 5.15. The summed E-state index contributed by atoms with van der Waals surface area (Å²) in [6, 6.07) is 5.64. The second-order valence-corrected chi connectivity index (χ2v) is 6.42. The van der Waals surface area contributed by atoms with Crippen molar-refractivity contribution >= 4 is 5.95 Å². The van der Waals surface area contributed by atoms with E-state index < -0.39 is 0 Å². The molecule has 3 rings (SSSR count). The molecule has 1 aromatic heterocycles. The number of likely N-dealkylation sites (N-methyl/N-ethyl adjacent to an activating group) is 1. The van der Waals surface area contributed by atoms with Crippen molar-refractivity contribution in [2.24, 2.45) is 0 Å². The van der Waals surface area contributed by atoms with Crippen LogP contribution in [0.2, 0.25) is 0 Å². The summed E-state index contributed by atoms with van der Waals surface area (Å²) in [5.41, 5.74) is 2.69. The molecule has 1 aliphatic heterocycles. The van der Waals surface area contributed by atoms with E-state index in [9.17, 15) is 5.11 Å². The molecule has 1 fully saturated rings. The van der Waals surface area contributed by atoms with E-state index in [4.69, 9.17) is 0 Å². The number of likely N-dealkylation sites (tertiary alicyclic amines) is 1. The number of hydrogen-bond donors (Lipinski definition) is 2. The number of piperidine rings is 1. The Labute approximate surface area is 148 Å². The molecule has 1 unspecified atom stereocenters. The molecular weight excluding hydrogens is 314 g/mol. The van der Waals surface area contributed by atoms with Crippen molar-refractivity contribution in [3.8, 4) is 28.8 Å². The molecule has 0 spiro atoms. The van der Waals surface area contributed by atoms with E-state index in [-0.39, 0.29) is 5.75 Å². The van der Waals surface area contributed by atoms with Crippen molar-refractivity contribution in [3.63, 3.8) is 0 Å². The van der Waals surface area contributed by atoms with Gasteiger partial charge in [-0.05, 0) is 58.5 Å². The average Bonchev–Trinajstić information content (AvgIpc) is 2.56. The molecule has 0 aliphatic carbocycles. The van der Waals surface area contributed by atoms with Crippen LogP contribution in [-0.2, 0) is 0 Å². The lowest BCUT2D eigenvalue weighted by atomic mass is 10.1. The van der Waals surface area contributed by atoms with Crippen LogP contribution >= 0.6 is 0 Å². The predicted molar refractivity (Wildman–Crippen MR) is 98.4 cm³/mol. The molecule has 1 atom stereocenters. The number of phenolic OH excluding ortho intramolecular Hbond substituents is 1. The standard InChI is InChI=1S/C19H23N5O/c1-4-6-14-8-9-16(17(25)11-14)18-13(2)20-19(23-22-18)21-15-7-5-10-24(3)12-15/h8-9,11,15,25H,5,7,10,12H2,1-3H3,(H,20,21,23). The van der Waals surface area contributed by atoms with Crippen molar-refractivity contribution < 1.29 is 5.11 Å². The molecule has 0 saturated carbocycles. The number of aryl methyl sites for hydroxylation is 1. The van der Waals surface area contributed by atoms with Gasteiger partial charge >= 0.3 is 0 Å². The van der Waals surface area contributed by atoms with E-state index in [0.717, 1.165) is 30.8 Å². The molecule has 1 saturated heterocycles. The third kappa shape index (κ3) is 4.06. The van der Waals surface area contributed by atoms with Gasteiger partial charge in [-0.15, -0.1) is 16.1 Å². The molecule has 25 heavy (non-hydrogen) atoms. The van der Waals surface area contributed by atoms with Crippen LogP contribution in [0.5, 0.6) is 5.75 Å². The fraction of sp³-hybridized carbons (Fsp3) is 0.421. The van der Waals surface area contributed by atoms with Gasteiger partial charge in [0.25, 0.3) is 0 Å². The van der Waals surface area contributed by atoms with Crippen molar-refractivity contribution in [2.45, 2.75) is 32.7 Å². The second kappa shape index (κ2) is 7.49. The Bertz CT molecular complexity index is 824. The lowest BCUT2D eigenvalue weighted by Gasteiger charge is -2.30. The molecule has 130 valence electrons. The molecule has 2 N–H and O–H groups in total. The Balaban J connectivity index is 1.81. The highest BCUT2D eigenvalue weighted by molar-refractivity contribution is 5.69. The summed E-state index contributed by atoms with van der Waals surface area (Å²) < 4.78 is 0. The number of benzene rings is 1. The fourth-order valence-electron chi connectivity index (χ4n) is 3.13. The Morgan fingerprint density at radius 2 is 2.16 bits per heavy atom. The van der Waals surface area contributed by atoms with Crippen LogP contribution in [0.1, 0.15) is 31.0 Å². The zero-order valence-corrected chi connectivity index (χ0v) is 14.9. The summed E-state index contributed by atoms with van der Waals surface area (Å²) in [6.07, 6.45) is 2.27.